The van der Waals surface area contributed by atoms with Crippen LogP contribution >= 0.6 is 0 Å². The molecular formula is C39H57F3N10O5. The van der Waals surface area contributed by atoms with Crippen molar-refractivity contribution < 1.29 is 37.0 Å². The molecule has 2 fully saturated rings. The summed E-state index contributed by atoms with van der Waals surface area (Å²) in [5.41, 5.74) is 0.00528. The normalized spacial score (nSPS) is 15.7. The van der Waals surface area contributed by atoms with E-state index in [4.69, 9.17) is 14.5 Å². The van der Waals surface area contributed by atoms with Gasteiger partial charge in [-0.2, -0.15) is 18.2 Å². The number of alkyl halides is 3. The van der Waals surface area contributed by atoms with Crippen LogP contribution in [0.1, 0.15) is 92.2 Å². The zero-order chi connectivity index (χ0) is 41.4. The lowest BCUT2D eigenvalue weighted by atomic mass is 9.94. The maximum atomic E-state index is 13.3. The largest absolute Gasteiger partial charge is 0.471 e. The first-order valence-corrected chi connectivity index (χ1v) is 19.8. The highest BCUT2D eigenvalue weighted by Gasteiger charge is 2.43. The monoisotopic (exact) mass is 802 g/mol. The van der Waals surface area contributed by atoms with Crippen LogP contribution in [0.25, 0.3) is 10.9 Å². The number of aryl methyl sites for hydroxylation is 1. The fourth-order valence-corrected chi connectivity index (χ4v) is 6.99. The molecule has 1 aromatic carbocycles. The molecule has 18 heteroatoms. The number of rotatable bonds is 13. The van der Waals surface area contributed by atoms with E-state index in [-0.39, 0.29) is 44.9 Å². The smallest absolute Gasteiger partial charge is 0.444 e. The van der Waals surface area contributed by atoms with Crippen molar-refractivity contribution in [3.63, 3.8) is 0 Å². The molecule has 0 spiro atoms. The molecule has 15 nitrogen and oxygen atoms in total. The molecule has 5 rings (SSSR count). The number of ether oxygens (including phenoxy) is 2. The Balaban J connectivity index is 1.17. The van der Waals surface area contributed by atoms with Crippen molar-refractivity contribution in [3.8, 4) is 0 Å². The molecule has 0 atom stereocenters. The molecule has 1 saturated heterocycles. The van der Waals surface area contributed by atoms with E-state index in [1.54, 1.807) is 15.8 Å². The molecule has 0 unspecified atom stereocenters. The van der Waals surface area contributed by atoms with E-state index >= 15 is 0 Å². The van der Waals surface area contributed by atoms with Gasteiger partial charge in [0.15, 0.2) is 0 Å². The summed E-state index contributed by atoms with van der Waals surface area (Å²) >= 11 is 0. The van der Waals surface area contributed by atoms with Gasteiger partial charge in [-0.1, -0.05) is 36.6 Å². The van der Waals surface area contributed by atoms with Gasteiger partial charge in [-0.3, -0.25) is 9.48 Å². The number of carbonyl (C=O) groups excluding carboxylic acids is 3. The van der Waals surface area contributed by atoms with Gasteiger partial charge in [-0.05, 0) is 79.4 Å². The minimum absolute atomic E-state index is 0.0782. The molecule has 2 aliphatic rings. The van der Waals surface area contributed by atoms with E-state index in [0.717, 1.165) is 36.0 Å². The molecule has 3 heterocycles. The number of hydrogen-bond acceptors (Lipinski definition) is 11. The third-order valence-electron chi connectivity index (χ3n) is 9.64. The lowest BCUT2D eigenvalue weighted by Crippen LogP contribution is -2.52. The quantitative estimate of drug-likeness (QED) is 0.198. The Hall–Kier alpha value is -4.90. The molecule has 1 aliphatic heterocycles. The van der Waals surface area contributed by atoms with Gasteiger partial charge in [0.2, 0.25) is 5.95 Å². The highest BCUT2D eigenvalue weighted by molar-refractivity contribution is 5.90. The van der Waals surface area contributed by atoms with Crippen LogP contribution in [0.15, 0.2) is 30.5 Å². The summed E-state index contributed by atoms with van der Waals surface area (Å²) in [5.74, 6) is -0.959. The van der Waals surface area contributed by atoms with Crippen LogP contribution in [-0.2, 0) is 27.4 Å². The third-order valence-corrected chi connectivity index (χ3v) is 9.64. The van der Waals surface area contributed by atoms with Gasteiger partial charge in [0, 0.05) is 63.8 Å². The lowest BCUT2D eigenvalue weighted by molar-refractivity contribution is -0.185. The van der Waals surface area contributed by atoms with Gasteiger partial charge < -0.3 is 34.4 Å². The van der Waals surface area contributed by atoms with Crippen molar-refractivity contribution in [2.45, 2.75) is 123 Å². The highest BCUT2D eigenvalue weighted by atomic mass is 19.4. The Bertz CT molecular complexity index is 1810. The number of hydrogen-bond donors (Lipinski definition) is 1. The molecule has 3 amide bonds. The third kappa shape index (κ3) is 12.8. The number of halogens is 3. The van der Waals surface area contributed by atoms with Crippen molar-refractivity contribution >= 4 is 40.8 Å². The standard InChI is InChI=1S/C39H57F3N10O5/c1-37(2,3)56-35(54)50(19-13-21-52(29-14-8-7-9-15-29)36(55)57-38(4,5)6)18-12-20-51-27-28(46-47-51)26-43-34-44-31-17-11-10-16-30(31)32(45-34)48-22-24-49(25-23-48)33(53)39(40,41)42/h10-11,16-17,27,29H,7-9,12-15,18-26H2,1-6H3,(H,43,44,45). The maximum absolute atomic E-state index is 13.3. The van der Waals surface area contributed by atoms with Gasteiger partial charge in [0.25, 0.3) is 0 Å². The first-order valence-electron chi connectivity index (χ1n) is 19.8. The average molecular weight is 803 g/mol. The Morgan fingerprint density at radius 3 is 2.16 bits per heavy atom. The molecule has 0 bridgehead atoms. The first kappa shape index (κ1) is 43.2. The number of nitrogens with one attached hydrogen (secondary N) is 1. The molecule has 0 radical (unpaired) electrons. The van der Waals surface area contributed by atoms with E-state index in [0.29, 0.717) is 62.0 Å². The van der Waals surface area contributed by atoms with E-state index in [1.165, 1.54) is 6.42 Å². The SMILES string of the molecule is CC(C)(C)OC(=O)N(CCCN(C(=O)OC(C)(C)C)C1CCCCC1)CCCn1cc(CNc2nc(N3CCN(C(=O)C(F)(F)F)CC3)c3ccccc3n2)nn1. The fourth-order valence-electron chi connectivity index (χ4n) is 6.99. The van der Waals surface area contributed by atoms with Crippen LogP contribution in [0, 0.1) is 0 Å². The summed E-state index contributed by atoms with van der Waals surface area (Å²) in [4.78, 5) is 53.8. The second-order valence-electron chi connectivity index (χ2n) is 16.6. The second kappa shape index (κ2) is 18.6. The van der Waals surface area contributed by atoms with E-state index < -0.39 is 29.4 Å². The number of piperazine rings is 1. The van der Waals surface area contributed by atoms with Gasteiger partial charge in [-0.15, -0.1) is 5.10 Å². The highest BCUT2D eigenvalue weighted by Crippen LogP contribution is 2.28. The van der Waals surface area contributed by atoms with Crippen molar-refractivity contribution in [2.75, 3.05) is 56.0 Å². The summed E-state index contributed by atoms with van der Waals surface area (Å²) in [6.45, 7) is 13.3. The van der Waals surface area contributed by atoms with Crippen molar-refractivity contribution in [2.24, 2.45) is 0 Å². The molecule has 2 aromatic heterocycles. The van der Waals surface area contributed by atoms with Crippen molar-refractivity contribution in [3.05, 3.63) is 36.2 Å². The van der Waals surface area contributed by atoms with Crippen molar-refractivity contribution in [1.29, 1.82) is 0 Å². The Kier molecular flexibility index (Phi) is 14.1. The van der Waals surface area contributed by atoms with Crippen LogP contribution in [0.5, 0.6) is 0 Å². The number of benzene rings is 1. The summed E-state index contributed by atoms with van der Waals surface area (Å²) in [7, 11) is 0. The predicted octanol–water partition coefficient (Wildman–Crippen LogP) is 6.63. The molecule has 1 aliphatic carbocycles. The van der Waals surface area contributed by atoms with Crippen molar-refractivity contribution in [1.82, 2.24) is 39.7 Å². The van der Waals surface area contributed by atoms with Crippen LogP contribution in [0.3, 0.4) is 0 Å². The summed E-state index contributed by atoms with van der Waals surface area (Å²) in [6.07, 6.45) is 2.51. The van der Waals surface area contributed by atoms with Gasteiger partial charge >= 0.3 is 24.3 Å². The Morgan fingerprint density at radius 2 is 1.49 bits per heavy atom. The first-order chi connectivity index (χ1) is 26.9. The predicted molar refractivity (Wildman–Crippen MR) is 209 cm³/mol. The molecule has 57 heavy (non-hydrogen) atoms. The topological polar surface area (TPSA) is 151 Å². The van der Waals surface area contributed by atoms with Crippen LogP contribution < -0.4 is 10.2 Å². The van der Waals surface area contributed by atoms with Gasteiger partial charge in [0.05, 0.1) is 18.3 Å². The lowest BCUT2D eigenvalue weighted by Gasteiger charge is -2.36. The Morgan fingerprint density at radius 1 is 0.842 bits per heavy atom. The average Bonchev–Trinajstić information content (AvgIpc) is 3.60. The number of nitrogens with zero attached hydrogens (tertiary/aromatic N) is 9. The maximum Gasteiger partial charge on any atom is 0.471 e. The van der Waals surface area contributed by atoms with E-state index in [9.17, 15) is 27.6 Å². The summed E-state index contributed by atoms with van der Waals surface area (Å²) in [5, 5.41) is 12.5. The zero-order valence-corrected chi connectivity index (χ0v) is 34.0. The number of fused-ring (bicyclic) bond motifs is 1. The fraction of sp³-hybridized carbons (Fsp3) is 0.667. The number of amides is 3. The number of anilines is 2. The van der Waals surface area contributed by atoms with Crippen LogP contribution in [0.4, 0.5) is 34.5 Å². The second-order valence-corrected chi connectivity index (χ2v) is 16.6. The van der Waals surface area contributed by atoms with Crippen LogP contribution in [-0.4, -0.2) is 127 Å². The molecular weight excluding hydrogens is 745 g/mol. The minimum Gasteiger partial charge on any atom is -0.444 e. The molecule has 1 N–H and O–H groups in total. The molecule has 314 valence electrons. The van der Waals surface area contributed by atoms with Gasteiger partial charge in [-0.25, -0.2) is 14.6 Å². The minimum atomic E-state index is -4.91. The van der Waals surface area contributed by atoms with E-state index in [2.05, 4.69) is 20.6 Å². The van der Waals surface area contributed by atoms with Gasteiger partial charge in [0.1, 0.15) is 22.7 Å². The summed E-state index contributed by atoms with van der Waals surface area (Å²) < 4.78 is 52.2. The number of aromatic nitrogens is 5. The van der Waals surface area contributed by atoms with E-state index in [1.807, 2.05) is 75.6 Å². The molecule has 3 aromatic rings. The number of carbonyl (C=O) groups is 3. The van der Waals surface area contributed by atoms with Crippen LogP contribution in [0.2, 0.25) is 0 Å². The zero-order valence-electron chi connectivity index (χ0n) is 34.0. The molecule has 1 saturated carbocycles. The Labute approximate surface area is 332 Å². The number of para-hydroxylation sites is 1. The summed E-state index contributed by atoms with van der Waals surface area (Å²) in [6, 6.07) is 7.50.